The second-order valence-corrected chi connectivity index (χ2v) is 6.27. The molecular weight excluding hydrogens is 312 g/mol. The van der Waals surface area contributed by atoms with E-state index in [1.54, 1.807) is 22.4 Å². The molecule has 0 aliphatic carbocycles. The average molecular weight is 330 g/mol. The molecule has 1 N–H and O–H groups in total. The van der Waals surface area contributed by atoms with Crippen molar-refractivity contribution in [3.8, 4) is 0 Å². The number of rotatable bonds is 5. The van der Waals surface area contributed by atoms with Gasteiger partial charge in [0.15, 0.2) is 4.96 Å². The molecule has 120 valence electrons. The maximum absolute atomic E-state index is 12.2. The third kappa shape index (κ3) is 3.31. The number of aryl methyl sites for hydroxylation is 1. The number of aromatic nitrogens is 4. The van der Waals surface area contributed by atoms with Crippen molar-refractivity contribution in [2.24, 2.45) is 0 Å². The fourth-order valence-electron chi connectivity index (χ4n) is 2.19. The van der Waals surface area contributed by atoms with Crippen LogP contribution in [0.3, 0.4) is 0 Å². The molecule has 3 aromatic rings. The van der Waals surface area contributed by atoms with Crippen LogP contribution in [-0.2, 0) is 6.42 Å². The Morgan fingerprint density at radius 3 is 2.91 bits per heavy atom. The summed E-state index contributed by atoms with van der Waals surface area (Å²) in [6.07, 6.45) is 6.22. The summed E-state index contributed by atoms with van der Waals surface area (Å²) in [6.45, 7) is 2.34. The normalized spacial score (nSPS) is 10.9. The molecule has 0 unspecified atom stereocenters. The number of amides is 1. The van der Waals surface area contributed by atoms with Gasteiger partial charge in [0.1, 0.15) is 0 Å². The van der Waals surface area contributed by atoms with Crippen LogP contribution in [0.1, 0.15) is 21.7 Å². The highest BCUT2D eigenvalue weighted by Crippen LogP contribution is 2.12. The molecule has 0 aliphatic rings. The molecule has 7 nitrogen and oxygen atoms in total. The lowest BCUT2D eigenvalue weighted by Gasteiger charge is -2.12. The van der Waals surface area contributed by atoms with Gasteiger partial charge in [-0.1, -0.05) is 0 Å². The molecule has 0 fully saturated rings. The minimum absolute atomic E-state index is 0.158. The maximum atomic E-state index is 12.2. The molecular formula is C15H18N6OS. The van der Waals surface area contributed by atoms with Gasteiger partial charge in [0.05, 0.1) is 17.0 Å². The van der Waals surface area contributed by atoms with Crippen molar-refractivity contribution >= 4 is 28.2 Å². The van der Waals surface area contributed by atoms with Crippen molar-refractivity contribution in [3.63, 3.8) is 0 Å². The molecule has 23 heavy (non-hydrogen) atoms. The van der Waals surface area contributed by atoms with E-state index in [1.165, 1.54) is 0 Å². The van der Waals surface area contributed by atoms with E-state index in [-0.39, 0.29) is 5.91 Å². The van der Waals surface area contributed by atoms with Crippen molar-refractivity contribution in [1.29, 1.82) is 0 Å². The molecule has 0 aromatic carbocycles. The number of anilines is 1. The Balaban J connectivity index is 1.59. The number of nitrogens with zero attached hydrogens (tertiary/aromatic N) is 5. The largest absolute Gasteiger partial charge is 0.352 e. The predicted octanol–water partition coefficient (Wildman–Crippen LogP) is 1.53. The summed E-state index contributed by atoms with van der Waals surface area (Å²) < 4.78 is 1.99. The highest BCUT2D eigenvalue weighted by molar-refractivity contribution is 7.15. The Labute approximate surface area is 138 Å². The summed E-state index contributed by atoms with van der Waals surface area (Å²) in [5.41, 5.74) is 2.14. The summed E-state index contributed by atoms with van der Waals surface area (Å²) in [4.78, 5) is 28.0. The summed E-state index contributed by atoms with van der Waals surface area (Å²) in [5, 5.41) is 4.89. The molecule has 0 atom stereocenters. The van der Waals surface area contributed by atoms with Crippen LogP contribution < -0.4 is 10.2 Å². The summed E-state index contributed by atoms with van der Waals surface area (Å²) in [7, 11) is 3.73. The van der Waals surface area contributed by atoms with Gasteiger partial charge in [-0.25, -0.2) is 15.0 Å². The molecule has 8 heteroatoms. The van der Waals surface area contributed by atoms with Gasteiger partial charge in [-0.2, -0.15) is 0 Å². The number of carbonyl (C=O) groups is 1. The van der Waals surface area contributed by atoms with Crippen LogP contribution in [0.5, 0.6) is 0 Å². The second kappa shape index (κ2) is 6.33. The zero-order valence-corrected chi connectivity index (χ0v) is 14.1. The van der Waals surface area contributed by atoms with Gasteiger partial charge in [-0.05, 0) is 6.92 Å². The fraction of sp³-hybridized carbons (Fsp3) is 0.333. The molecule has 0 saturated heterocycles. The lowest BCUT2D eigenvalue weighted by Crippen LogP contribution is -2.27. The molecule has 0 saturated carbocycles. The Kier molecular flexibility index (Phi) is 4.24. The van der Waals surface area contributed by atoms with Gasteiger partial charge in [-0.3, -0.25) is 9.20 Å². The summed E-state index contributed by atoms with van der Waals surface area (Å²) in [5.74, 6) is 0.436. The smallest absolute Gasteiger partial charge is 0.254 e. The molecule has 3 aromatic heterocycles. The van der Waals surface area contributed by atoms with Gasteiger partial charge < -0.3 is 10.2 Å². The Bertz CT molecular complexity index is 809. The van der Waals surface area contributed by atoms with Crippen molar-refractivity contribution in [3.05, 3.63) is 40.9 Å². The minimum Gasteiger partial charge on any atom is -0.352 e. The molecule has 0 radical (unpaired) electrons. The van der Waals surface area contributed by atoms with Gasteiger partial charge >= 0.3 is 0 Å². The summed E-state index contributed by atoms with van der Waals surface area (Å²) in [6, 6.07) is 0. The van der Waals surface area contributed by atoms with E-state index < -0.39 is 0 Å². The van der Waals surface area contributed by atoms with Gasteiger partial charge in [0.25, 0.3) is 5.91 Å². The van der Waals surface area contributed by atoms with E-state index in [9.17, 15) is 4.79 Å². The average Bonchev–Trinajstić information content (AvgIpc) is 3.08. The molecule has 3 heterocycles. The lowest BCUT2D eigenvalue weighted by molar-refractivity contribution is 0.0952. The third-order valence-corrected chi connectivity index (χ3v) is 4.19. The van der Waals surface area contributed by atoms with E-state index in [0.29, 0.717) is 30.2 Å². The van der Waals surface area contributed by atoms with E-state index in [0.717, 1.165) is 10.7 Å². The maximum Gasteiger partial charge on any atom is 0.254 e. The highest BCUT2D eigenvalue weighted by Gasteiger charge is 2.12. The van der Waals surface area contributed by atoms with Crippen LogP contribution in [0.4, 0.5) is 5.95 Å². The first kappa shape index (κ1) is 15.4. The van der Waals surface area contributed by atoms with Crippen LogP contribution in [0.2, 0.25) is 0 Å². The van der Waals surface area contributed by atoms with Crippen molar-refractivity contribution in [2.75, 3.05) is 25.5 Å². The van der Waals surface area contributed by atoms with Gasteiger partial charge in [0.2, 0.25) is 5.95 Å². The monoisotopic (exact) mass is 330 g/mol. The molecule has 0 aliphatic heterocycles. The van der Waals surface area contributed by atoms with Crippen molar-refractivity contribution in [2.45, 2.75) is 13.3 Å². The zero-order chi connectivity index (χ0) is 16.4. The molecule has 3 rings (SSSR count). The number of hydrogen-bond donors (Lipinski definition) is 1. The molecule has 0 spiro atoms. The molecule has 0 bridgehead atoms. The predicted molar refractivity (Wildman–Crippen MR) is 90.2 cm³/mol. The van der Waals surface area contributed by atoms with Crippen LogP contribution in [0.25, 0.3) is 4.96 Å². The number of fused-ring (bicyclic) bond motifs is 1. The minimum atomic E-state index is -0.158. The highest BCUT2D eigenvalue weighted by atomic mass is 32.1. The van der Waals surface area contributed by atoms with E-state index in [2.05, 4.69) is 20.3 Å². The standard InChI is InChI=1S/C15H18N6OS/c1-10-12(8-17-14(18-10)20(2)3)13(22)16-5-4-11-9-21-6-7-23-15(21)19-11/h6-9H,4-5H2,1-3H3,(H,16,22). The first-order valence-corrected chi connectivity index (χ1v) is 8.13. The second-order valence-electron chi connectivity index (χ2n) is 5.39. The van der Waals surface area contributed by atoms with E-state index >= 15 is 0 Å². The van der Waals surface area contributed by atoms with Crippen LogP contribution in [0.15, 0.2) is 24.0 Å². The summed E-state index contributed by atoms with van der Waals surface area (Å²) >= 11 is 1.59. The Morgan fingerprint density at radius 2 is 2.22 bits per heavy atom. The van der Waals surface area contributed by atoms with Crippen LogP contribution >= 0.6 is 11.3 Å². The number of nitrogens with one attached hydrogen (secondary N) is 1. The lowest BCUT2D eigenvalue weighted by atomic mass is 10.2. The number of imidazole rings is 1. The third-order valence-electron chi connectivity index (χ3n) is 3.42. The fourth-order valence-corrected chi connectivity index (χ4v) is 2.91. The Morgan fingerprint density at radius 1 is 1.39 bits per heavy atom. The zero-order valence-electron chi connectivity index (χ0n) is 13.3. The van der Waals surface area contributed by atoms with Crippen molar-refractivity contribution in [1.82, 2.24) is 24.7 Å². The van der Waals surface area contributed by atoms with E-state index in [4.69, 9.17) is 0 Å². The first-order valence-electron chi connectivity index (χ1n) is 7.25. The number of hydrogen-bond acceptors (Lipinski definition) is 6. The van der Waals surface area contributed by atoms with E-state index in [1.807, 2.05) is 43.2 Å². The SMILES string of the molecule is Cc1nc(N(C)C)ncc1C(=O)NCCc1cn2ccsc2n1. The van der Waals surface area contributed by atoms with Gasteiger partial charge in [0, 0.05) is 51.0 Å². The van der Waals surface area contributed by atoms with Crippen molar-refractivity contribution < 1.29 is 4.79 Å². The Hall–Kier alpha value is -2.48. The topological polar surface area (TPSA) is 75.4 Å². The quantitative estimate of drug-likeness (QED) is 0.768. The van der Waals surface area contributed by atoms with Crippen LogP contribution in [0, 0.1) is 6.92 Å². The molecule has 1 amide bonds. The number of thiazole rings is 1. The first-order chi connectivity index (χ1) is 11.0. The number of carbonyl (C=O) groups excluding carboxylic acids is 1. The van der Waals surface area contributed by atoms with Gasteiger partial charge in [-0.15, -0.1) is 11.3 Å². The van der Waals surface area contributed by atoms with Crippen LogP contribution in [-0.4, -0.2) is 45.9 Å².